The molecule has 0 heterocycles. The summed E-state index contributed by atoms with van der Waals surface area (Å²) in [7, 11) is 1.67. The van der Waals surface area contributed by atoms with Crippen LogP contribution in [0.4, 0.5) is 0 Å². The molecule has 0 aromatic heterocycles. The zero-order valence-electron chi connectivity index (χ0n) is 19.5. The molecule has 0 spiro atoms. The normalized spacial score (nSPS) is 32.4. The Balaban J connectivity index is 1.38. The van der Waals surface area contributed by atoms with Crippen molar-refractivity contribution in [2.24, 2.45) is 28.9 Å². The third kappa shape index (κ3) is 3.67. The largest absolute Gasteiger partial charge is 0.392 e. The van der Waals surface area contributed by atoms with E-state index in [4.69, 9.17) is 5.73 Å². The summed E-state index contributed by atoms with van der Waals surface area (Å²) in [6.45, 7) is 2.29. The van der Waals surface area contributed by atoms with Gasteiger partial charge in [-0.3, -0.25) is 9.59 Å². The van der Waals surface area contributed by atoms with E-state index in [9.17, 15) is 14.7 Å². The molecule has 2 aromatic carbocycles. The van der Waals surface area contributed by atoms with Crippen LogP contribution in [0.3, 0.4) is 0 Å². The highest BCUT2D eigenvalue weighted by atomic mass is 16.3. The first kappa shape index (κ1) is 22.1. The van der Waals surface area contributed by atoms with Gasteiger partial charge in [0.15, 0.2) is 0 Å². The number of aryl methyl sites for hydroxylation is 1. The highest BCUT2D eigenvalue weighted by Crippen LogP contribution is 2.62. The molecule has 33 heavy (non-hydrogen) atoms. The van der Waals surface area contributed by atoms with E-state index in [2.05, 4.69) is 24.4 Å². The maximum Gasteiger partial charge on any atom is 0.251 e. The van der Waals surface area contributed by atoms with E-state index in [1.807, 2.05) is 24.3 Å². The lowest BCUT2D eigenvalue weighted by atomic mass is 9.55. The molecule has 0 aliphatic heterocycles. The van der Waals surface area contributed by atoms with E-state index in [0.29, 0.717) is 23.3 Å². The number of amides is 2. The van der Waals surface area contributed by atoms with Crippen molar-refractivity contribution in [1.82, 2.24) is 5.32 Å². The Morgan fingerprint density at radius 3 is 2.73 bits per heavy atom. The first-order chi connectivity index (χ1) is 15.8. The van der Waals surface area contributed by atoms with Crippen LogP contribution in [0.15, 0.2) is 42.5 Å². The Bertz CT molecular complexity index is 1100. The van der Waals surface area contributed by atoms with Gasteiger partial charge in [0.1, 0.15) is 0 Å². The zero-order valence-corrected chi connectivity index (χ0v) is 19.5. The molecule has 0 saturated heterocycles. The number of nitrogens with one attached hydrogen (secondary N) is 1. The van der Waals surface area contributed by atoms with E-state index in [0.717, 1.165) is 49.7 Å². The van der Waals surface area contributed by atoms with E-state index in [1.165, 1.54) is 11.1 Å². The number of carbonyl (C=O) groups is 2. The van der Waals surface area contributed by atoms with Crippen molar-refractivity contribution in [1.29, 1.82) is 0 Å². The second-order valence-corrected chi connectivity index (χ2v) is 10.7. The van der Waals surface area contributed by atoms with Gasteiger partial charge in [-0.1, -0.05) is 25.1 Å². The molecule has 2 fully saturated rings. The number of hydrogen-bond donors (Lipinski definition) is 3. The highest BCUT2D eigenvalue weighted by molar-refractivity contribution is 5.94. The van der Waals surface area contributed by atoms with Gasteiger partial charge < -0.3 is 16.2 Å². The number of rotatable bonds is 4. The van der Waals surface area contributed by atoms with E-state index < -0.39 is 5.91 Å². The van der Waals surface area contributed by atoms with E-state index >= 15 is 0 Å². The Kier molecular flexibility index (Phi) is 5.56. The lowest BCUT2D eigenvalue weighted by Crippen LogP contribution is -2.44. The monoisotopic (exact) mass is 446 g/mol. The number of fused-ring (bicyclic) bond motifs is 5. The molecule has 3 aliphatic carbocycles. The van der Waals surface area contributed by atoms with Crippen LogP contribution < -0.4 is 11.1 Å². The van der Waals surface area contributed by atoms with Crippen LogP contribution in [-0.2, 0) is 12.8 Å². The summed E-state index contributed by atoms with van der Waals surface area (Å²) in [4.78, 5) is 23.7. The lowest BCUT2D eigenvalue weighted by molar-refractivity contribution is -0.0325. The van der Waals surface area contributed by atoms with Gasteiger partial charge in [-0.25, -0.2) is 0 Å². The van der Waals surface area contributed by atoms with Crippen LogP contribution in [0, 0.1) is 23.2 Å². The number of hydrogen-bond acceptors (Lipinski definition) is 3. The van der Waals surface area contributed by atoms with Gasteiger partial charge in [-0.15, -0.1) is 0 Å². The third-order valence-corrected chi connectivity index (χ3v) is 9.04. The fourth-order valence-corrected chi connectivity index (χ4v) is 7.37. The summed E-state index contributed by atoms with van der Waals surface area (Å²) in [6.07, 6.45) is 5.68. The molecule has 0 bridgehead atoms. The topological polar surface area (TPSA) is 92.4 Å². The third-order valence-electron chi connectivity index (χ3n) is 9.04. The Labute approximate surface area is 195 Å². The smallest absolute Gasteiger partial charge is 0.251 e. The second-order valence-electron chi connectivity index (χ2n) is 10.7. The minimum absolute atomic E-state index is 0.0293. The van der Waals surface area contributed by atoms with Crippen molar-refractivity contribution >= 4 is 11.8 Å². The molecule has 0 radical (unpaired) electrons. The van der Waals surface area contributed by atoms with Crippen molar-refractivity contribution in [3.05, 3.63) is 70.3 Å². The van der Waals surface area contributed by atoms with Crippen molar-refractivity contribution in [2.45, 2.75) is 57.5 Å². The highest BCUT2D eigenvalue weighted by Gasteiger charge is 2.57. The maximum atomic E-state index is 12.1. The van der Waals surface area contributed by atoms with Gasteiger partial charge in [-0.2, -0.15) is 0 Å². The summed E-state index contributed by atoms with van der Waals surface area (Å²) in [5.41, 5.74) is 10.5. The Hall–Kier alpha value is -2.66. The van der Waals surface area contributed by atoms with Crippen LogP contribution in [0.25, 0.3) is 0 Å². The van der Waals surface area contributed by atoms with Crippen LogP contribution in [0.2, 0.25) is 0 Å². The zero-order chi connectivity index (χ0) is 23.3. The maximum absolute atomic E-state index is 12.1. The summed E-state index contributed by atoms with van der Waals surface area (Å²) in [5, 5.41) is 14.2. The van der Waals surface area contributed by atoms with Gasteiger partial charge in [-0.05, 0) is 109 Å². The minimum atomic E-state index is -0.410. The number of carbonyl (C=O) groups excluding carboxylic acids is 2. The van der Waals surface area contributed by atoms with Crippen LogP contribution in [0.1, 0.15) is 75.9 Å². The fourth-order valence-electron chi connectivity index (χ4n) is 7.37. The first-order valence-corrected chi connectivity index (χ1v) is 12.2. The minimum Gasteiger partial charge on any atom is -0.392 e. The first-order valence-electron chi connectivity index (χ1n) is 12.2. The average Bonchev–Trinajstić information content (AvgIpc) is 3.08. The van der Waals surface area contributed by atoms with Crippen molar-refractivity contribution in [3.8, 4) is 0 Å². The summed E-state index contributed by atoms with van der Waals surface area (Å²) in [6, 6.07) is 13.8. The van der Waals surface area contributed by atoms with Crippen molar-refractivity contribution in [2.75, 3.05) is 7.05 Å². The van der Waals surface area contributed by atoms with Gasteiger partial charge in [0.25, 0.3) is 5.91 Å². The molecule has 0 unspecified atom stereocenters. The van der Waals surface area contributed by atoms with E-state index in [1.54, 1.807) is 13.1 Å². The molecule has 5 heteroatoms. The van der Waals surface area contributed by atoms with Crippen LogP contribution in [-0.4, -0.2) is 30.1 Å². The molecule has 2 aromatic rings. The lowest BCUT2D eigenvalue weighted by Gasteiger charge is -2.50. The molecule has 5 nitrogen and oxygen atoms in total. The Morgan fingerprint density at radius 1 is 1.15 bits per heavy atom. The second kappa shape index (κ2) is 8.28. The molecule has 2 saturated carbocycles. The van der Waals surface area contributed by atoms with Gasteiger partial charge >= 0.3 is 0 Å². The molecular weight excluding hydrogens is 412 g/mol. The van der Waals surface area contributed by atoms with Crippen molar-refractivity contribution < 1.29 is 14.7 Å². The molecule has 2 amide bonds. The predicted molar refractivity (Wildman–Crippen MR) is 128 cm³/mol. The molecule has 6 atom stereocenters. The molecule has 174 valence electrons. The van der Waals surface area contributed by atoms with Crippen LogP contribution in [0.5, 0.6) is 0 Å². The van der Waals surface area contributed by atoms with Gasteiger partial charge in [0, 0.05) is 18.2 Å². The average molecular weight is 447 g/mol. The SMILES string of the molecule is CNC(=O)c1ccc2c(c1)CC[C@@H]1[C@@H]2CC[C@]2(C)[C@@H](O)[C@@H](Cc3cccc(C(N)=O)c3)C[C@@H]12. The summed E-state index contributed by atoms with van der Waals surface area (Å²) >= 11 is 0. The van der Waals surface area contributed by atoms with Crippen molar-refractivity contribution in [3.63, 3.8) is 0 Å². The fraction of sp³-hybridized carbons (Fsp3) is 0.500. The quantitative estimate of drug-likeness (QED) is 0.666. The van der Waals surface area contributed by atoms with Gasteiger partial charge in [0.05, 0.1) is 6.10 Å². The number of primary amides is 1. The number of nitrogens with two attached hydrogens (primary N) is 1. The molecule has 5 rings (SSSR count). The number of benzene rings is 2. The summed E-state index contributed by atoms with van der Waals surface area (Å²) < 4.78 is 0. The summed E-state index contributed by atoms with van der Waals surface area (Å²) in [5.74, 6) is 1.32. The van der Waals surface area contributed by atoms with Gasteiger partial charge in [0.2, 0.25) is 5.91 Å². The molecule has 3 aliphatic rings. The standard InChI is InChI=1S/C28H34N2O3/c1-28-11-10-22-21-8-7-19(27(33)30-2)14-17(21)6-9-23(22)24(28)15-20(25(28)31)13-16-4-3-5-18(12-16)26(29)32/h3-5,7-8,12,14,20,22-25,31H,6,9-11,13,15H2,1-2H3,(H2,29,32)(H,30,33)/t20-,22+,23+,24-,25-,28-/m0/s1. The van der Waals surface area contributed by atoms with E-state index in [-0.39, 0.29) is 23.3 Å². The van der Waals surface area contributed by atoms with Crippen LogP contribution >= 0.6 is 0 Å². The molecule has 4 N–H and O–H groups in total. The number of aliphatic hydroxyl groups excluding tert-OH is 1. The number of aliphatic hydroxyl groups is 1. The Morgan fingerprint density at radius 2 is 1.97 bits per heavy atom. The molecular formula is C28H34N2O3. The predicted octanol–water partition coefficient (Wildman–Crippen LogP) is 3.83.